The van der Waals surface area contributed by atoms with Crippen molar-refractivity contribution in [2.24, 2.45) is 0 Å². The summed E-state index contributed by atoms with van der Waals surface area (Å²) >= 11 is 12.3. The standard InChI is InChI=1S/C24H22Cl2N4O.ClH/c25-19-3-5-21(22(26)15-19)17-7-10-29(24(31)14-17)20-4-6-23-18(13-20)16-27-30(23)12-11-28-8-1-2-9-28;/h3-7,10,13-16H,1-2,8-9,11-12H2;1H. The Morgan fingerprint density at radius 3 is 2.50 bits per heavy atom. The lowest BCUT2D eigenvalue weighted by Crippen LogP contribution is -2.24. The monoisotopic (exact) mass is 488 g/mol. The predicted molar refractivity (Wildman–Crippen MR) is 134 cm³/mol. The molecule has 5 nitrogen and oxygen atoms in total. The van der Waals surface area contributed by atoms with Crippen LogP contribution in [0.15, 0.2) is 65.7 Å². The van der Waals surface area contributed by atoms with E-state index >= 15 is 0 Å². The third-order valence-electron chi connectivity index (χ3n) is 5.89. The molecule has 166 valence electrons. The highest BCUT2D eigenvalue weighted by atomic mass is 35.5. The number of likely N-dealkylation sites (tertiary alicyclic amines) is 1. The normalized spacial score (nSPS) is 14.1. The second kappa shape index (κ2) is 9.67. The summed E-state index contributed by atoms with van der Waals surface area (Å²) in [6.07, 6.45) is 6.24. The van der Waals surface area contributed by atoms with Crippen LogP contribution in [-0.2, 0) is 6.54 Å². The topological polar surface area (TPSA) is 43.1 Å². The van der Waals surface area contributed by atoms with Crippen LogP contribution in [-0.4, -0.2) is 38.9 Å². The molecular formula is C24H23Cl3N4O. The number of rotatable bonds is 5. The molecule has 1 fully saturated rings. The van der Waals surface area contributed by atoms with Gasteiger partial charge in [-0.3, -0.25) is 14.0 Å². The van der Waals surface area contributed by atoms with Crippen molar-refractivity contribution in [2.45, 2.75) is 19.4 Å². The quantitative estimate of drug-likeness (QED) is 0.362. The Balaban J connectivity index is 0.00000245. The van der Waals surface area contributed by atoms with Crippen LogP contribution >= 0.6 is 35.6 Å². The molecule has 1 aliphatic heterocycles. The number of benzene rings is 2. The van der Waals surface area contributed by atoms with Crippen LogP contribution in [0.5, 0.6) is 0 Å². The molecule has 2 aromatic carbocycles. The molecule has 0 saturated carbocycles. The van der Waals surface area contributed by atoms with Gasteiger partial charge in [-0.05, 0) is 67.9 Å². The second-order valence-electron chi connectivity index (χ2n) is 7.91. The maximum Gasteiger partial charge on any atom is 0.255 e. The number of aromatic nitrogens is 3. The van der Waals surface area contributed by atoms with E-state index in [1.54, 1.807) is 29.0 Å². The zero-order valence-corrected chi connectivity index (χ0v) is 19.7. The van der Waals surface area contributed by atoms with Crippen LogP contribution in [0.4, 0.5) is 0 Å². The zero-order chi connectivity index (χ0) is 21.4. The minimum absolute atomic E-state index is 0. The fourth-order valence-corrected chi connectivity index (χ4v) is 4.75. The summed E-state index contributed by atoms with van der Waals surface area (Å²) in [5, 5.41) is 6.67. The molecule has 32 heavy (non-hydrogen) atoms. The van der Waals surface area contributed by atoms with Crippen molar-refractivity contribution in [3.05, 3.63) is 81.3 Å². The summed E-state index contributed by atoms with van der Waals surface area (Å²) in [5.74, 6) is 0. The van der Waals surface area contributed by atoms with Gasteiger partial charge in [0.2, 0.25) is 0 Å². The zero-order valence-electron chi connectivity index (χ0n) is 17.4. The van der Waals surface area contributed by atoms with Crippen molar-refractivity contribution in [1.82, 2.24) is 19.2 Å². The van der Waals surface area contributed by atoms with Gasteiger partial charge in [0.05, 0.1) is 18.3 Å². The van der Waals surface area contributed by atoms with Gasteiger partial charge in [0.15, 0.2) is 0 Å². The van der Waals surface area contributed by atoms with E-state index in [1.807, 2.05) is 41.2 Å². The molecule has 0 bridgehead atoms. The summed E-state index contributed by atoms with van der Waals surface area (Å²) in [6, 6.07) is 14.8. The van der Waals surface area contributed by atoms with Crippen LogP contribution in [0, 0.1) is 0 Å². The highest BCUT2D eigenvalue weighted by molar-refractivity contribution is 6.36. The summed E-state index contributed by atoms with van der Waals surface area (Å²) in [5.41, 5.74) is 3.32. The predicted octanol–water partition coefficient (Wildman–Crippen LogP) is 5.68. The molecule has 0 amide bonds. The Morgan fingerprint density at radius 2 is 1.75 bits per heavy atom. The molecule has 1 saturated heterocycles. The van der Waals surface area contributed by atoms with Crippen molar-refractivity contribution < 1.29 is 0 Å². The van der Waals surface area contributed by atoms with Crippen molar-refractivity contribution in [2.75, 3.05) is 19.6 Å². The van der Waals surface area contributed by atoms with Crippen LogP contribution in [0.25, 0.3) is 27.7 Å². The second-order valence-corrected chi connectivity index (χ2v) is 8.75. The van der Waals surface area contributed by atoms with E-state index in [-0.39, 0.29) is 18.0 Å². The van der Waals surface area contributed by atoms with Crippen LogP contribution in [0.2, 0.25) is 10.0 Å². The maximum atomic E-state index is 12.9. The lowest BCUT2D eigenvalue weighted by atomic mass is 10.1. The van der Waals surface area contributed by atoms with Gasteiger partial charge in [0, 0.05) is 45.5 Å². The Hall–Kier alpha value is -2.31. The van der Waals surface area contributed by atoms with Crippen molar-refractivity contribution in [3.63, 3.8) is 0 Å². The molecule has 2 aromatic heterocycles. The Kier molecular flexibility index (Phi) is 6.91. The SMILES string of the molecule is Cl.O=c1cc(-c2ccc(Cl)cc2Cl)ccn1-c1ccc2c(cnn2CCN2CCCC2)c1. The summed E-state index contributed by atoms with van der Waals surface area (Å²) < 4.78 is 3.68. The summed E-state index contributed by atoms with van der Waals surface area (Å²) in [6.45, 7) is 4.26. The highest BCUT2D eigenvalue weighted by Crippen LogP contribution is 2.29. The molecule has 0 N–H and O–H groups in total. The number of fused-ring (bicyclic) bond motifs is 1. The minimum Gasteiger partial charge on any atom is -0.301 e. The first-order valence-electron chi connectivity index (χ1n) is 10.4. The summed E-state index contributed by atoms with van der Waals surface area (Å²) in [4.78, 5) is 15.3. The molecule has 1 aliphatic rings. The molecule has 5 rings (SSSR count). The molecule has 0 atom stereocenters. The lowest BCUT2D eigenvalue weighted by molar-refractivity contribution is 0.318. The van der Waals surface area contributed by atoms with Crippen molar-refractivity contribution in [1.29, 1.82) is 0 Å². The smallest absolute Gasteiger partial charge is 0.255 e. The largest absolute Gasteiger partial charge is 0.301 e. The van der Waals surface area contributed by atoms with Gasteiger partial charge in [-0.25, -0.2) is 0 Å². The van der Waals surface area contributed by atoms with Gasteiger partial charge >= 0.3 is 0 Å². The Labute approximate surface area is 202 Å². The first-order chi connectivity index (χ1) is 15.1. The van der Waals surface area contributed by atoms with E-state index in [1.165, 1.54) is 25.9 Å². The molecule has 0 spiro atoms. The molecule has 0 radical (unpaired) electrons. The van der Waals surface area contributed by atoms with Gasteiger partial charge < -0.3 is 4.90 Å². The van der Waals surface area contributed by atoms with Crippen LogP contribution < -0.4 is 5.56 Å². The maximum absolute atomic E-state index is 12.9. The number of halogens is 3. The highest BCUT2D eigenvalue weighted by Gasteiger charge is 2.13. The fourth-order valence-electron chi connectivity index (χ4n) is 4.23. The van der Waals surface area contributed by atoms with E-state index < -0.39 is 0 Å². The van der Waals surface area contributed by atoms with E-state index in [9.17, 15) is 4.79 Å². The number of pyridine rings is 1. The first kappa shape index (κ1) is 22.9. The van der Waals surface area contributed by atoms with Gasteiger partial charge in [0.25, 0.3) is 5.56 Å². The summed E-state index contributed by atoms with van der Waals surface area (Å²) in [7, 11) is 0. The molecule has 3 heterocycles. The van der Waals surface area contributed by atoms with E-state index in [4.69, 9.17) is 23.2 Å². The van der Waals surface area contributed by atoms with Gasteiger partial charge in [-0.15, -0.1) is 12.4 Å². The van der Waals surface area contributed by atoms with E-state index in [0.29, 0.717) is 10.0 Å². The van der Waals surface area contributed by atoms with Gasteiger partial charge in [0.1, 0.15) is 0 Å². The number of hydrogen-bond acceptors (Lipinski definition) is 3. The number of nitrogens with zero attached hydrogens (tertiary/aromatic N) is 4. The van der Waals surface area contributed by atoms with Crippen molar-refractivity contribution in [3.8, 4) is 16.8 Å². The van der Waals surface area contributed by atoms with E-state index in [0.717, 1.165) is 40.8 Å². The first-order valence-corrected chi connectivity index (χ1v) is 11.2. The molecule has 4 aromatic rings. The Morgan fingerprint density at radius 1 is 0.938 bits per heavy atom. The van der Waals surface area contributed by atoms with Crippen LogP contribution in [0.1, 0.15) is 12.8 Å². The molecule has 8 heteroatoms. The average Bonchev–Trinajstić information content (AvgIpc) is 3.41. The average molecular weight is 490 g/mol. The lowest BCUT2D eigenvalue weighted by Gasteiger charge is -2.14. The minimum atomic E-state index is -0.121. The Bertz CT molecular complexity index is 1310. The van der Waals surface area contributed by atoms with Crippen LogP contribution in [0.3, 0.4) is 0 Å². The third kappa shape index (κ3) is 4.57. The fraction of sp³-hybridized carbons (Fsp3) is 0.250. The molecule has 0 unspecified atom stereocenters. The molecule has 0 aliphatic carbocycles. The van der Waals surface area contributed by atoms with E-state index in [2.05, 4.69) is 10.00 Å². The third-order valence-corrected chi connectivity index (χ3v) is 6.44. The number of hydrogen-bond donors (Lipinski definition) is 0. The van der Waals surface area contributed by atoms with Gasteiger partial charge in [-0.2, -0.15) is 5.10 Å². The van der Waals surface area contributed by atoms with Crippen molar-refractivity contribution >= 4 is 46.5 Å². The molecular weight excluding hydrogens is 467 g/mol. The van der Waals surface area contributed by atoms with Gasteiger partial charge in [-0.1, -0.05) is 29.3 Å².